The Morgan fingerprint density at radius 2 is 1.86 bits per heavy atom. The van der Waals surface area contributed by atoms with Gasteiger partial charge in [0.15, 0.2) is 0 Å². The van der Waals surface area contributed by atoms with E-state index in [1.54, 1.807) is 56.4 Å². The highest BCUT2D eigenvalue weighted by Crippen LogP contribution is 2.32. The molecule has 0 aliphatic heterocycles. The number of anilines is 2. The minimum absolute atomic E-state index is 0.0982. The van der Waals surface area contributed by atoms with Crippen LogP contribution in [0.3, 0.4) is 0 Å². The van der Waals surface area contributed by atoms with Crippen LogP contribution in [-0.2, 0) is 4.74 Å². The van der Waals surface area contributed by atoms with Gasteiger partial charge in [-0.1, -0.05) is 23.7 Å². The first-order chi connectivity index (χ1) is 13.7. The standard InChI is InChI=1S/C21H20ClN3O3S/c1-21(2,3)28-20(27)25-15-9-8-13(17-7-5-11-29-17)12-16(15)24-19(26)14-6-4-10-23-18(14)22/h4-12H,1-3H3,(H,24,26)(H,25,27). The van der Waals surface area contributed by atoms with Crippen molar-refractivity contribution in [3.8, 4) is 10.4 Å². The molecule has 0 atom stereocenters. The lowest BCUT2D eigenvalue weighted by atomic mass is 10.1. The van der Waals surface area contributed by atoms with E-state index in [1.807, 2.05) is 23.6 Å². The highest BCUT2D eigenvalue weighted by atomic mass is 35.5. The molecule has 3 aromatic rings. The molecule has 0 spiro atoms. The fourth-order valence-corrected chi connectivity index (χ4v) is 3.44. The molecule has 0 bridgehead atoms. The molecule has 0 fully saturated rings. The number of carbonyl (C=O) groups is 2. The number of halogens is 1. The lowest BCUT2D eigenvalue weighted by Crippen LogP contribution is -2.27. The molecule has 2 heterocycles. The Morgan fingerprint density at radius 3 is 2.52 bits per heavy atom. The summed E-state index contributed by atoms with van der Waals surface area (Å²) in [7, 11) is 0. The Hall–Kier alpha value is -2.90. The van der Waals surface area contributed by atoms with Gasteiger partial charge in [0, 0.05) is 11.1 Å². The maximum Gasteiger partial charge on any atom is 0.412 e. The highest BCUT2D eigenvalue weighted by molar-refractivity contribution is 7.13. The van der Waals surface area contributed by atoms with Gasteiger partial charge in [-0.3, -0.25) is 10.1 Å². The van der Waals surface area contributed by atoms with E-state index in [0.29, 0.717) is 11.4 Å². The number of nitrogens with zero attached hydrogens (tertiary/aromatic N) is 1. The number of pyridine rings is 1. The minimum atomic E-state index is -0.645. The number of nitrogens with one attached hydrogen (secondary N) is 2. The predicted octanol–water partition coefficient (Wildman–Crippen LogP) is 6.06. The zero-order valence-corrected chi connectivity index (χ0v) is 17.7. The second kappa shape index (κ2) is 8.63. The van der Waals surface area contributed by atoms with Crippen LogP contribution in [0, 0.1) is 0 Å². The predicted molar refractivity (Wildman–Crippen MR) is 117 cm³/mol. The van der Waals surface area contributed by atoms with Crippen LogP contribution in [-0.4, -0.2) is 22.6 Å². The normalized spacial score (nSPS) is 11.0. The van der Waals surface area contributed by atoms with Crippen molar-refractivity contribution >= 4 is 46.3 Å². The molecule has 0 aliphatic rings. The molecule has 0 aliphatic carbocycles. The first-order valence-corrected chi connectivity index (χ1v) is 10.1. The molecule has 2 amide bonds. The van der Waals surface area contributed by atoms with Gasteiger partial charge in [0.2, 0.25) is 0 Å². The number of benzene rings is 1. The van der Waals surface area contributed by atoms with Crippen molar-refractivity contribution in [2.45, 2.75) is 26.4 Å². The van der Waals surface area contributed by atoms with Crippen molar-refractivity contribution in [2.75, 3.05) is 10.6 Å². The van der Waals surface area contributed by atoms with Gasteiger partial charge in [-0.2, -0.15) is 0 Å². The summed E-state index contributed by atoms with van der Waals surface area (Å²) in [6.07, 6.45) is 0.891. The van der Waals surface area contributed by atoms with Gasteiger partial charge >= 0.3 is 6.09 Å². The highest BCUT2D eigenvalue weighted by Gasteiger charge is 2.19. The lowest BCUT2D eigenvalue weighted by Gasteiger charge is -2.21. The van der Waals surface area contributed by atoms with Gasteiger partial charge in [0.25, 0.3) is 5.91 Å². The van der Waals surface area contributed by atoms with Crippen LogP contribution in [0.25, 0.3) is 10.4 Å². The number of thiophene rings is 1. The van der Waals surface area contributed by atoms with E-state index in [4.69, 9.17) is 16.3 Å². The van der Waals surface area contributed by atoms with E-state index in [1.165, 1.54) is 6.20 Å². The molecule has 0 radical (unpaired) electrons. The third-order valence-electron chi connectivity index (χ3n) is 3.71. The van der Waals surface area contributed by atoms with E-state index in [0.717, 1.165) is 10.4 Å². The molecule has 6 nitrogen and oxygen atoms in total. The molecule has 0 saturated heterocycles. The van der Waals surface area contributed by atoms with E-state index < -0.39 is 17.6 Å². The summed E-state index contributed by atoms with van der Waals surface area (Å²) in [5, 5.41) is 7.57. The van der Waals surface area contributed by atoms with Crippen molar-refractivity contribution < 1.29 is 14.3 Å². The largest absolute Gasteiger partial charge is 0.444 e. The fraction of sp³-hybridized carbons (Fsp3) is 0.190. The molecule has 8 heteroatoms. The summed E-state index contributed by atoms with van der Waals surface area (Å²) < 4.78 is 5.32. The van der Waals surface area contributed by atoms with Gasteiger partial charge in [0.05, 0.1) is 16.9 Å². The number of carbonyl (C=O) groups excluding carboxylic acids is 2. The van der Waals surface area contributed by atoms with Crippen LogP contribution in [0.5, 0.6) is 0 Å². The second-order valence-corrected chi connectivity index (χ2v) is 8.47. The van der Waals surface area contributed by atoms with Crippen LogP contribution in [0.2, 0.25) is 5.15 Å². The Morgan fingerprint density at radius 1 is 1.07 bits per heavy atom. The third-order valence-corrected chi connectivity index (χ3v) is 4.93. The van der Waals surface area contributed by atoms with Crippen LogP contribution in [0.4, 0.5) is 16.2 Å². The van der Waals surface area contributed by atoms with Crippen molar-refractivity contribution in [2.24, 2.45) is 0 Å². The quantitative estimate of drug-likeness (QED) is 0.493. The number of rotatable bonds is 4. The number of ether oxygens (including phenoxy) is 1. The zero-order valence-electron chi connectivity index (χ0n) is 16.2. The van der Waals surface area contributed by atoms with Gasteiger partial charge in [-0.05, 0) is 62.0 Å². The summed E-state index contributed by atoms with van der Waals surface area (Å²) in [4.78, 5) is 29.9. The monoisotopic (exact) mass is 429 g/mol. The maximum atomic E-state index is 12.7. The summed E-state index contributed by atoms with van der Waals surface area (Å²) >= 11 is 7.61. The molecule has 150 valence electrons. The smallest absolute Gasteiger partial charge is 0.412 e. The molecule has 2 N–H and O–H groups in total. The minimum Gasteiger partial charge on any atom is -0.444 e. The van der Waals surface area contributed by atoms with E-state index in [2.05, 4.69) is 15.6 Å². The SMILES string of the molecule is CC(C)(C)OC(=O)Nc1ccc(-c2cccs2)cc1NC(=O)c1cccnc1Cl. The summed E-state index contributed by atoms with van der Waals surface area (Å²) in [5.74, 6) is -0.432. The molecular formula is C21H20ClN3O3S. The third kappa shape index (κ3) is 5.56. The maximum absolute atomic E-state index is 12.7. The Kier molecular flexibility index (Phi) is 6.20. The number of amides is 2. The fourth-order valence-electron chi connectivity index (χ4n) is 2.51. The Labute approximate surface area is 177 Å². The van der Waals surface area contributed by atoms with Crippen molar-refractivity contribution in [3.05, 3.63) is 64.8 Å². The molecule has 2 aromatic heterocycles. The van der Waals surface area contributed by atoms with Gasteiger partial charge in [-0.25, -0.2) is 9.78 Å². The van der Waals surface area contributed by atoms with Crippen LogP contribution < -0.4 is 10.6 Å². The topological polar surface area (TPSA) is 80.3 Å². The van der Waals surface area contributed by atoms with Crippen LogP contribution in [0.15, 0.2) is 54.0 Å². The van der Waals surface area contributed by atoms with Gasteiger partial charge in [-0.15, -0.1) is 11.3 Å². The first-order valence-electron chi connectivity index (χ1n) is 8.83. The summed E-state index contributed by atoms with van der Waals surface area (Å²) in [6.45, 7) is 5.33. The number of hydrogen-bond donors (Lipinski definition) is 2. The number of hydrogen-bond acceptors (Lipinski definition) is 5. The lowest BCUT2D eigenvalue weighted by molar-refractivity contribution is 0.0635. The Bertz CT molecular complexity index is 1030. The summed E-state index contributed by atoms with van der Waals surface area (Å²) in [6, 6.07) is 12.5. The molecule has 29 heavy (non-hydrogen) atoms. The molecule has 1 aromatic carbocycles. The van der Waals surface area contributed by atoms with Crippen LogP contribution in [0.1, 0.15) is 31.1 Å². The van der Waals surface area contributed by atoms with Gasteiger partial charge in [0.1, 0.15) is 10.8 Å². The number of aromatic nitrogens is 1. The van der Waals surface area contributed by atoms with Gasteiger partial charge < -0.3 is 10.1 Å². The average Bonchev–Trinajstić information content (AvgIpc) is 3.16. The summed E-state index contributed by atoms with van der Waals surface area (Å²) in [5.41, 5.74) is 1.33. The zero-order chi connectivity index (χ0) is 21.0. The first kappa shape index (κ1) is 20.8. The molecular weight excluding hydrogens is 410 g/mol. The molecule has 0 saturated carbocycles. The average molecular weight is 430 g/mol. The van der Waals surface area contributed by atoms with Crippen molar-refractivity contribution in [3.63, 3.8) is 0 Å². The van der Waals surface area contributed by atoms with E-state index in [9.17, 15) is 9.59 Å². The molecule has 3 rings (SSSR count). The molecule has 0 unspecified atom stereocenters. The van der Waals surface area contributed by atoms with Crippen molar-refractivity contribution in [1.29, 1.82) is 0 Å². The second-order valence-electron chi connectivity index (χ2n) is 7.16. The van der Waals surface area contributed by atoms with E-state index in [-0.39, 0.29) is 10.7 Å². The van der Waals surface area contributed by atoms with Crippen LogP contribution >= 0.6 is 22.9 Å². The van der Waals surface area contributed by atoms with Crippen molar-refractivity contribution in [1.82, 2.24) is 4.98 Å². The Balaban J connectivity index is 1.92. The van der Waals surface area contributed by atoms with E-state index >= 15 is 0 Å².